The number of esters is 1. The van der Waals surface area contributed by atoms with Crippen LogP contribution in [0.2, 0.25) is 0 Å². The van der Waals surface area contributed by atoms with Gasteiger partial charge < -0.3 is 4.74 Å². The number of carbonyl (C=O) groups excluding carboxylic acids is 1. The third-order valence-electron chi connectivity index (χ3n) is 0.852. The van der Waals surface area contributed by atoms with Crippen LogP contribution < -0.4 is 0 Å². The zero-order valence-electron chi connectivity index (χ0n) is 5.56. The summed E-state index contributed by atoms with van der Waals surface area (Å²) in [6.45, 7) is 0.522. The van der Waals surface area contributed by atoms with Crippen LogP contribution in [0.4, 0.5) is 0 Å². The SMILES string of the molecule is COC(=O)CCN(C)Cl. The summed E-state index contributed by atoms with van der Waals surface area (Å²) in [7, 11) is 3.04. The molecule has 0 amide bonds. The quantitative estimate of drug-likeness (QED) is 0.438. The van der Waals surface area contributed by atoms with Crippen molar-refractivity contribution in [2.24, 2.45) is 0 Å². The molecule has 54 valence electrons. The number of carbonyl (C=O) groups is 1. The number of nitrogens with zero attached hydrogens (tertiary/aromatic N) is 1. The summed E-state index contributed by atoms with van der Waals surface area (Å²) < 4.78 is 5.79. The molecule has 3 nitrogen and oxygen atoms in total. The summed E-state index contributed by atoms with van der Waals surface area (Å²) in [6, 6.07) is 0. The van der Waals surface area contributed by atoms with Gasteiger partial charge in [-0.3, -0.25) is 4.79 Å². The first kappa shape index (κ1) is 8.72. The van der Waals surface area contributed by atoms with Gasteiger partial charge in [0.1, 0.15) is 0 Å². The minimum absolute atomic E-state index is 0.234. The highest BCUT2D eigenvalue weighted by atomic mass is 35.5. The Bertz CT molecular complexity index is 95.0. The highest BCUT2D eigenvalue weighted by Crippen LogP contribution is 1.91. The second-order valence-electron chi connectivity index (χ2n) is 1.65. The van der Waals surface area contributed by atoms with Gasteiger partial charge in [0.05, 0.1) is 13.5 Å². The number of halogens is 1. The molecule has 0 unspecified atom stereocenters. The largest absolute Gasteiger partial charge is 0.469 e. The van der Waals surface area contributed by atoms with Crippen LogP contribution in [-0.2, 0) is 9.53 Å². The van der Waals surface area contributed by atoms with E-state index in [0.717, 1.165) is 0 Å². The first-order valence-electron chi connectivity index (χ1n) is 2.60. The molecule has 0 aliphatic carbocycles. The van der Waals surface area contributed by atoms with Gasteiger partial charge in [-0.25, -0.2) is 4.42 Å². The van der Waals surface area contributed by atoms with E-state index in [1.54, 1.807) is 7.05 Å². The minimum Gasteiger partial charge on any atom is -0.469 e. The Morgan fingerprint density at radius 3 is 2.67 bits per heavy atom. The molecule has 0 aromatic heterocycles. The lowest BCUT2D eigenvalue weighted by Gasteiger charge is -2.03. The van der Waals surface area contributed by atoms with E-state index in [9.17, 15) is 4.79 Å². The van der Waals surface area contributed by atoms with Crippen LogP contribution in [0, 0.1) is 0 Å². The van der Waals surface area contributed by atoms with Gasteiger partial charge >= 0.3 is 5.97 Å². The van der Waals surface area contributed by atoms with Crippen LogP contribution in [0.15, 0.2) is 0 Å². The Morgan fingerprint density at radius 1 is 1.78 bits per heavy atom. The van der Waals surface area contributed by atoms with E-state index in [-0.39, 0.29) is 5.97 Å². The predicted molar refractivity (Wildman–Crippen MR) is 35.1 cm³/mol. The molecular weight excluding hydrogens is 142 g/mol. The Kier molecular flexibility index (Phi) is 4.44. The lowest BCUT2D eigenvalue weighted by Crippen LogP contribution is -2.12. The van der Waals surface area contributed by atoms with Gasteiger partial charge in [-0.05, 0) is 11.8 Å². The Hall–Kier alpha value is -0.280. The Morgan fingerprint density at radius 2 is 2.33 bits per heavy atom. The maximum Gasteiger partial charge on any atom is 0.306 e. The van der Waals surface area contributed by atoms with Gasteiger partial charge in [-0.1, -0.05) is 0 Å². The molecule has 0 aromatic rings. The molecule has 0 spiro atoms. The van der Waals surface area contributed by atoms with E-state index in [0.29, 0.717) is 13.0 Å². The molecule has 0 aliphatic heterocycles. The fraction of sp³-hybridized carbons (Fsp3) is 0.800. The van der Waals surface area contributed by atoms with Crippen molar-refractivity contribution < 1.29 is 9.53 Å². The van der Waals surface area contributed by atoms with E-state index in [2.05, 4.69) is 4.74 Å². The summed E-state index contributed by atoms with van der Waals surface area (Å²) >= 11 is 5.40. The Balaban J connectivity index is 3.17. The lowest BCUT2D eigenvalue weighted by molar-refractivity contribution is -0.140. The number of rotatable bonds is 3. The molecule has 0 bridgehead atoms. The molecule has 0 saturated heterocycles. The predicted octanol–water partition coefficient (Wildman–Crippen LogP) is 0.635. The van der Waals surface area contributed by atoms with Crippen molar-refractivity contribution >= 4 is 17.7 Å². The van der Waals surface area contributed by atoms with Crippen molar-refractivity contribution in [1.29, 1.82) is 0 Å². The molecule has 0 heterocycles. The molecule has 0 N–H and O–H groups in total. The van der Waals surface area contributed by atoms with Crippen LogP contribution in [-0.4, -0.2) is 31.1 Å². The average molecular weight is 152 g/mol. The lowest BCUT2D eigenvalue weighted by atomic mass is 10.4. The number of hydrogen-bond donors (Lipinski definition) is 0. The van der Waals surface area contributed by atoms with Crippen molar-refractivity contribution in [3.05, 3.63) is 0 Å². The monoisotopic (exact) mass is 151 g/mol. The third kappa shape index (κ3) is 5.59. The van der Waals surface area contributed by atoms with Gasteiger partial charge in [-0.15, -0.1) is 0 Å². The van der Waals surface area contributed by atoms with Crippen molar-refractivity contribution in [2.45, 2.75) is 6.42 Å². The zero-order valence-corrected chi connectivity index (χ0v) is 6.31. The second kappa shape index (κ2) is 4.58. The smallest absolute Gasteiger partial charge is 0.306 e. The van der Waals surface area contributed by atoms with Crippen LogP contribution in [0.5, 0.6) is 0 Å². The molecular formula is C5H10ClNO2. The van der Waals surface area contributed by atoms with E-state index in [1.165, 1.54) is 11.5 Å². The van der Waals surface area contributed by atoms with Crippen molar-refractivity contribution in [1.82, 2.24) is 4.42 Å². The van der Waals surface area contributed by atoms with Crippen LogP contribution >= 0.6 is 11.8 Å². The number of ether oxygens (including phenoxy) is 1. The number of methoxy groups -OCH3 is 1. The summed E-state index contributed by atoms with van der Waals surface area (Å²) in [5, 5.41) is 0. The fourth-order valence-corrected chi connectivity index (χ4v) is 0.432. The van der Waals surface area contributed by atoms with Gasteiger partial charge in [-0.2, -0.15) is 0 Å². The highest BCUT2D eigenvalue weighted by Gasteiger charge is 2.00. The van der Waals surface area contributed by atoms with Gasteiger partial charge in [0, 0.05) is 13.6 Å². The first-order valence-corrected chi connectivity index (χ1v) is 2.94. The van der Waals surface area contributed by atoms with E-state index in [4.69, 9.17) is 11.8 Å². The maximum atomic E-state index is 10.4. The van der Waals surface area contributed by atoms with Crippen LogP contribution in [0.1, 0.15) is 6.42 Å². The van der Waals surface area contributed by atoms with Gasteiger partial charge in [0.25, 0.3) is 0 Å². The molecule has 4 heteroatoms. The van der Waals surface area contributed by atoms with E-state index in [1.807, 2.05) is 0 Å². The maximum absolute atomic E-state index is 10.4. The van der Waals surface area contributed by atoms with Gasteiger partial charge in [0.2, 0.25) is 0 Å². The fourth-order valence-electron chi connectivity index (χ4n) is 0.347. The first-order chi connectivity index (χ1) is 4.16. The zero-order chi connectivity index (χ0) is 7.28. The Labute approximate surface area is 59.6 Å². The topological polar surface area (TPSA) is 29.5 Å². The summed E-state index contributed by atoms with van der Waals surface area (Å²) in [5.74, 6) is -0.234. The molecule has 0 atom stereocenters. The molecule has 0 radical (unpaired) electrons. The van der Waals surface area contributed by atoms with Crippen molar-refractivity contribution in [2.75, 3.05) is 20.7 Å². The molecule has 9 heavy (non-hydrogen) atoms. The molecule has 0 rings (SSSR count). The molecule has 0 fully saturated rings. The standard InChI is InChI=1S/C5H10ClNO2/c1-7(6)4-3-5(8)9-2/h3-4H2,1-2H3. The summed E-state index contributed by atoms with van der Waals surface area (Å²) in [4.78, 5) is 10.4. The van der Waals surface area contributed by atoms with Gasteiger partial charge in [0.15, 0.2) is 0 Å². The van der Waals surface area contributed by atoms with E-state index >= 15 is 0 Å². The van der Waals surface area contributed by atoms with Crippen LogP contribution in [0.3, 0.4) is 0 Å². The highest BCUT2D eigenvalue weighted by molar-refractivity contribution is 6.13. The minimum atomic E-state index is -0.234. The van der Waals surface area contributed by atoms with Crippen LogP contribution in [0.25, 0.3) is 0 Å². The summed E-state index contributed by atoms with van der Waals surface area (Å²) in [5.41, 5.74) is 0. The molecule has 0 aliphatic rings. The van der Waals surface area contributed by atoms with Crippen molar-refractivity contribution in [3.63, 3.8) is 0 Å². The van der Waals surface area contributed by atoms with Crippen molar-refractivity contribution in [3.8, 4) is 0 Å². The molecule has 0 saturated carbocycles. The summed E-state index contributed by atoms with van der Waals surface area (Å²) in [6.07, 6.45) is 0.344. The third-order valence-corrected chi connectivity index (χ3v) is 1.02. The van der Waals surface area contributed by atoms with E-state index < -0.39 is 0 Å². The second-order valence-corrected chi connectivity index (χ2v) is 2.23. The average Bonchev–Trinajstić information content (AvgIpc) is 1.83. The molecule has 0 aromatic carbocycles. The number of hydrogen-bond acceptors (Lipinski definition) is 3. The normalized spacial score (nSPS) is 9.78.